The van der Waals surface area contributed by atoms with E-state index in [1.807, 2.05) is 73.3 Å². The Morgan fingerprint density at radius 2 is 1.92 bits per heavy atom. The van der Waals surface area contributed by atoms with E-state index in [4.69, 9.17) is 39.8 Å². The van der Waals surface area contributed by atoms with Crippen molar-refractivity contribution in [2.75, 3.05) is 11.9 Å². The molecule has 3 heterocycles. The summed E-state index contributed by atoms with van der Waals surface area (Å²) in [6.45, 7) is 4.38. The summed E-state index contributed by atoms with van der Waals surface area (Å²) >= 11 is 18.1. The number of carbonyl (C=O) groups excluding carboxylic acids is 1. The van der Waals surface area contributed by atoms with Crippen LogP contribution in [-0.4, -0.2) is 27.4 Å². The number of benzene rings is 2. The molecule has 1 aliphatic heterocycles. The van der Waals surface area contributed by atoms with Gasteiger partial charge in [-0.25, -0.2) is 0 Å². The number of aromatic nitrogens is 1. The molecule has 9 heteroatoms. The van der Waals surface area contributed by atoms with Gasteiger partial charge in [0.1, 0.15) is 17.6 Å². The lowest BCUT2D eigenvalue weighted by Gasteiger charge is -2.26. The number of carbonyl (C=O) groups is 1. The minimum absolute atomic E-state index is 0.0857. The summed E-state index contributed by atoms with van der Waals surface area (Å²) in [7, 11) is 0. The molecule has 1 aliphatic rings. The molecule has 5 rings (SSSR count). The maximum Gasteiger partial charge on any atom is 0.226 e. The Labute approximate surface area is 237 Å². The molecule has 38 heavy (non-hydrogen) atoms. The Bertz CT molecular complexity index is 1490. The molecule has 0 spiro atoms. The summed E-state index contributed by atoms with van der Waals surface area (Å²) in [6.07, 6.45) is 2.00. The van der Waals surface area contributed by atoms with Crippen LogP contribution >= 0.6 is 35.4 Å². The van der Waals surface area contributed by atoms with E-state index in [0.29, 0.717) is 33.2 Å². The van der Waals surface area contributed by atoms with Crippen molar-refractivity contribution in [3.8, 4) is 11.3 Å². The second kappa shape index (κ2) is 11.2. The number of nitrogens with one attached hydrogen (secondary N) is 2. The van der Waals surface area contributed by atoms with Crippen molar-refractivity contribution >= 4 is 52.1 Å². The molecule has 0 saturated carbocycles. The number of aryl methyl sites for hydroxylation is 2. The van der Waals surface area contributed by atoms with E-state index in [2.05, 4.69) is 15.6 Å². The average molecular weight is 566 g/mol. The monoisotopic (exact) mass is 564 g/mol. The fraction of sp³-hybridized carbons (Fsp3) is 0.207. The quantitative estimate of drug-likeness (QED) is 0.230. The number of nitrogens with zero attached hydrogens (tertiary/aromatic N) is 2. The molecule has 1 fully saturated rings. The van der Waals surface area contributed by atoms with Crippen LogP contribution in [0.1, 0.15) is 41.1 Å². The van der Waals surface area contributed by atoms with Crippen LogP contribution in [0, 0.1) is 13.8 Å². The van der Waals surface area contributed by atoms with Crippen LogP contribution in [0.3, 0.4) is 0 Å². The van der Waals surface area contributed by atoms with Crippen molar-refractivity contribution in [2.24, 2.45) is 0 Å². The van der Waals surface area contributed by atoms with E-state index >= 15 is 0 Å². The first-order chi connectivity index (χ1) is 18.3. The predicted octanol–water partition coefficient (Wildman–Crippen LogP) is 7.27. The van der Waals surface area contributed by atoms with Crippen molar-refractivity contribution in [3.05, 3.63) is 106 Å². The Hall–Kier alpha value is -3.39. The topological polar surface area (TPSA) is 70.4 Å². The molecule has 2 aromatic carbocycles. The first kappa shape index (κ1) is 26.2. The average Bonchev–Trinajstić information content (AvgIpc) is 3.51. The Kier molecular flexibility index (Phi) is 7.70. The Morgan fingerprint density at radius 1 is 1.08 bits per heavy atom. The zero-order valence-corrected chi connectivity index (χ0v) is 23.2. The molecule has 2 N–H and O–H groups in total. The van der Waals surface area contributed by atoms with Crippen molar-refractivity contribution in [3.63, 3.8) is 0 Å². The fourth-order valence-electron chi connectivity index (χ4n) is 4.58. The van der Waals surface area contributed by atoms with Gasteiger partial charge < -0.3 is 20.0 Å². The van der Waals surface area contributed by atoms with Gasteiger partial charge in [0.05, 0.1) is 21.8 Å². The number of rotatable bonds is 7. The van der Waals surface area contributed by atoms with Crippen LogP contribution in [0.15, 0.2) is 77.3 Å². The number of halogens is 2. The van der Waals surface area contributed by atoms with Gasteiger partial charge in [0, 0.05) is 30.4 Å². The van der Waals surface area contributed by atoms with E-state index in [-0.39, 0.29) is 24.4 Å². The summed E-state index contributed by atoms with van der Waals surface area (Å²) < 4.78 is 6.34. The molecule has 0 unspecified atom stereocenters. The molecule has 2 atom stereocenters. The highest BCUT2D eigenvalue weighted by Crippen LogP contribution is 2.41. The number of pyridine rings is 1. The minimum Gasteiger partial charge on any atom is -0.459 e. The lowest BCUT2D eigenvalue weighted by molar-refractivity contribution is -0.116. The van der Waals surface area contributed by atoms with Gasteiger partial charge in [-0.2, -0.15) is 0 Å². The SMILES string of the molecule is Cc1ccc(C)c(NC(=O)CCN2C(=S)N[C@@H](c3ccccn3)[C@H]2c2ccc(-c3ccc(Cl)c(Cl)c3)o2)c1. The van der Waals surface area contributed by atoms with Gasteiger partial charge in [0.25, 0.3) is 0 Å². The molecule has 194 valence electrons. The Balaban J connectivity index is 1.40. The summed E-state index contributed by atoms with van der Waals surface area (Å²) in [4.78, 5) is 19.5. The largest absolute Gasteiger partial charge is 0.459 e. The van der Waals surface area contributed by atoms with E-state index in [9.17, 15) is 4.79 Å². The van der Waals surface area contributed by atoms with Crippen molar-refractivity contribution in [1.29, 1.82) is 0 Å². The molecule has 4 aromatic rings. The second-order valence-electron chi connectivity index (χ2n) is 9.27. The molecular weight excluding hydrogens is 539 g/mol. The van der Waals surface area contributed by atoms with E-state index < -0.39 is 0 Å². The summed E-state index contributed by atoms with van der Waals surface area (Å²) in [5.74, 6) is 1.27. The highest BCUT2D eigenvalue weighted by molar-refractivity contribution is 7.80. The first-order valence-electron chi connectivity index (χ1n) is 12.2. The number of furan rings is 1. The first-order valence-corrected chi connectivity index (χ1v) is 13.4. The van der Waals surface area contributed by atoms with Gasteiger partial charge in [0.15, 0.2) is 5.11 Å². The third-order valence-electron chi connectivity index (χ3n) is 6.57. The van der Waals surface area contributed by atoms with Crippen LogP contribution in [0.5, 0.6) is 0 Å². The van der Waals surface area contributed by atoms with Crippen LogP contribution in [0.4, 0.5) is 5.69 Å². The molecule has 1 saturated heterocycles. The van der Waals surface area contributed by atoms with Gasteiger partial charge in [-0.15, -0.1) is 0 Å². The number of thiocarbonyl (C=S) groups is 1. The number of anilines is 1. The summed E-state index contributed by atoms with van der Waals surface area (Å²) in [5, 5.41) is 7.90. The second-order valence-corrected chi connectivity index (χ2v) is 10.5. The van der Waals surface area contributed by atoms with Crippen LogP contribution in [0.2, 0.25) is 10.0 Å². The molecular formula is C29H26Cl2N4O2S. The highest BCUT2D eigenvalue weighted by atomic mass is 35.5. The lowest BCUT2D eigenvalue weighted by atomic mass is 10.0. The summed E-state index contributed by atoms with van der Waals surface area (Å²) in [6, 6.07) is 20.4. The van der Waals surface area contributed by atoms with Gasteiger partial charge >= 0.3 is 0 Å². The van der Waals surface area contributed by atoms with E-state index in [1.54, 1.807) is 18.3 Å². The standard InChI is InChI=1S/C29H26Cl2N4O2S/c1-17-6-7-18(2)23(15-17)33-26(36)12-14-35-28(27(34-29(35)38)22-5-3-4-13-32-22)25-11-10-24(37-25)19-8-9-20(30)21(31)16-19/h3-11,13,15-16,27-28H,12,14H2,1-2H3,(H,33,36)(H,34,38)/t27-,28+/m0/s1. The zero-order chi connectivity index (χ0) is 26.8. The number of amides is 1. The van der Waals surface area contributed by atoms with E-state index in [1.165, 1.54) is 0 Å². The van der Waals surface area contributed by atoms with Gasteiger partial charge in [-0.05, 0) is 85.7 Å². The van der Waals surface area contributed by atoms with Gasteiger partial charge in [0.2, 0.25) is 5.91 Å². The smallest absolute Gasteiger partial charge is 0.226 e. The maximum atomic E-state index is 12.9. The Morgan fingerprint density at radius 3 is 2.68 bits per heavy atom. The highest BCUT2D eigenvalue weighted by Gasteiger charge is 2.41. The third-order valence-corrected chi connectivity index (χ3v) is 7.66. The minimum atomic E-state index is -0.303. The van der Waals surface area contributed by atoms with Crippen LogP contribution in [-0.2, 0) is 4.79 Å². The maximum absolute atomic E-state index is 12.9. The van der Waals surface area contributed by atoms with E-state index in [0.717, 1.165) is 28.1 Å². The third kappa shape index (κ3) is 5.55. The molecule has 6 nitrogen and oxygen atoms in total. The molecule has 2 aromatic heterocycles. The normalized spacial score (nSPS) is 16.9. The van der Waals surface area contributed by atoms with Crippen LogP contribution in [0.25, 0.3) is 11.3 Å². The van der Waals surface area contributed by atoms with Gasteiger partial charge in [-0.1, -0.05) is 41.4 Å². The van der Waals surface area contributed by atoms with Crippen LogP contribution < -0.4 is 10.6 Å². The van der Waals surface area contributed by atoms with Crippen molar-refractivity contribution < 1.29 is 9.21 Å². The summed E-state index contributed by atoms with van der Waals surface area (Å²) in [5.41, 5.74) is 4.56. The van der Waals surface area contributed by atoms with Gasteiger partial charge in [-0.3, -0.25) is 9.78 Å². The van der Waals surface area contributed by atoms with Crippen molar-refractivity contribution in [2.45, 2.75) is 32.4 Å². The molecule has 0 aliphatic carbocycles. The number of hydrogen-bond donors (Lipinski definition) is 2. The lowest BCUT2D eigenvalue weighted by Crippen LogP contribution is -2.32. The van der Waals surface area contributed by atoms with Crippen molar-refractivity contribution in [1.82, 2.24) is 15.2 Å². The predicted molar refractivity (Wildman–Crippen MR) is 155 cm³/mol. The fourth-order valence-corrected chi connectivity index (χ4v) is 5.21. The molecule has 0 radical (unpaired) electrons. The zero-order valence-electron chi connectivity index (χ0n) is 20.9. The molecule has 1 amide bonds. The number of hydrogen-bond acceptors (Lipinski definition) is 4. The molecule has 0 bridgehead atoms.